The van der Waals surface area contributed by atoms with E-state index in [-0.39, 0.29) is 23.7 Å². The maximum Gasteiger partial charge on any atom is 0.226 e. The van der Waals surface area contributed by atoms with E-state index in [4.69, 9.17) is 11.6 Å². The van der Waals surface area contributed by atoms with Crippen LogP contribution in [0.1, 0.15) is 44.6 Å². The van der Waals surface area contributed by atoms with Crippen LogP contribution in [0.4, 0.5) is 0 Å². The fourth-order valence-corrected chi connectivity index (χ4v) is 4.34. The second-order valence-electron chi connectivity index (χ2n) is 7.34. The number of hydrogen-bond donors (Lipinski definition) is 2. The van der Waals surface area contributed by atoms with E-state index >= 15 is 0 Å². The Labute approximate surface area is 156 Å². The van der Waals surface area contributed by atoms with Crippen molar-refractivity contribution in [2.45, 2.75) is 51.5 Å². The number of piperidine rings is 1. The summed E-state index contributed by atoms with van der Waals surface area (Å²) >= 11 is 6.12. The maximum atomic E-state index is 13.1. The lowest BCUT2D eigenvalue weighted by Gasteiger charge is -2.35. The topological polar surface area (TPSA) is 41.1 Å². The number of carbonyl (C=O) groups is 1. The molecule has 1 aliphatic carbocycles. The quantitative estimate of drug-likeness (QED) is 0.841. The van der Waals surface area contributed by atoms with Gasteiger partial charge in [-0.2, -0.15) is 0 Å². The highest BCUT2D eigenvalue weighted by molar-refractivity contribution is 6.30. The molecule has 2 fully saturated rings. The van der Waals surface area contributed by atoms with E-state index in [0.717, 1.165) is 56.6 Å². The molecule has 0 aromatic heterocycles. The summed E-state index contributed by atoms with van der Waals surface area (Å²) in [7, 11) is 0. The molecule has 5 heteroatoms. The van der Waals surface area contributed by atoms with Crippen molar-refractivity contribution < 1.29 is 4.79 Å². The molecule has 3 nitrogen and oxygen atoms in total. The Morgan fingerprint density at radius 2 is 2.12 bits per heavy atom. The average molecular weight is 371 g/mol. The molecule has 1 aromatic rings. The molecule has 1 saturated heterocycles. The SMILES string of the molecule is CC1CNCCC1NC(=O)C1(Cc2cccc(Cl)c2)CCCC1.Cl. The van der Waals surface area contributed by atoms with E-state index in [0.29, 0.717) is 12.0 Å². The third kappa shape index (κ3) is 4.44. The van der Waals surface area contributed by atoms with E-state index in [1.165, 1.54) is 5.56 Å². The summed E-state index contributed by atoms with van der Waals surface area (Å²) < 4.78 is 0. The first-order chi connectivity index (χ1) is 11.1. The third-order valence-corrected chi connectivity index (χ3v) is 5.81. The number of rotatable bonds is 4. The maximum absolute atomic E-state index is 13.1. The van der Waals surface area contributed by atoms with Crippen molar-refractivity contribution in [2.75, 3.05) is 13.1 Å². The molecule has 2 atom stereocenters. The molecule has 0 bridgehead atoms. The van der Waals surface area contributed by atoms with Crippen LogP contribution in [-0.2, 0) is 11.2 Å². The monoisotopic (exact) mass is 370 g/mol. The molecule has 1 saturated carbocycles. The molecular weight excluding hydrogens is 343 g/mol. The van der Waals surface area contributed by atoms with Gasteiger partial charge in [-0.25, -0.2) is 0 Å². The van der Waals surface area contributed by atoms with Gasteiger partial charge in [0.25, 0.3) is 0 Å². The Balaban J connectivity index is 0.00000208. The molecule has 24 heavy (non-hydrogen) atoms. The van der Waals surface area contributed by atoms with Gasteiger partial charge in [0.1, 0.15) is 0 Å². The summed E-state index contributed by atoms with van der Waals surface area (Å²) in [5, 5.41) is 7.52. The van der Waals surface area contributed by atoms with Crippen molar-refractivity contribution in [2.24, 2.45) is 11.3 Å². The van der Waals surface area contributed by atoms with Gasteiger partial charge in [0.05, 0.1) is 5.41 Å². The van der Waals surface area contributed by atoms with Crippen LogP contribution < -0.4 is 10.6 Å². The summed E-state index contributed by atoms with van der Waals surface area (Å²) in [6.45, 7) is 4.21. The minimum absolute atomic E-state index is 0. The van der Waals surface area contributed by atoms with E-state index in [9.17, 15) is 4.79 Å². The van der Waals surface area contributed by atoms with Gasteiger partial charge >= 0.3 is 0 Å². The average Bonchev–Trinajstić information content (AvgIpc) is 2.99. The van der Waals surface area contributed by atoms with Gasteiger partial charge in [-0.05, 0) is 62.4 Å². The summed E-state index contributed by atoms with van der Waals surface area (Å²) in [6, 6.07) is 8.27. The van der Waals surface area contributed by atoms with Crippen molar-refractivity contribution in [1.82, 2.24) is 10.6 Å². The van der Waals surface area contributed by atoms with Gasteiger partial charge in [-0.15, -0.1) is 12.4 Å². The van der Waals surface area contributed by atoms with Crippen LogP contribution >= 0.6 is 24.0 Å². The van der Waals surface area contributed by atoms with Gasteiger partial charge < -0.3 is 10.6 Å². The van der Waals surface area contributed by atoms with Crippen molar-refractivity contribution in [3.8, 4) is 0 Å². The minimum atomic E-state index is -0.241. The third-order valence-electron chi connectivity index (χ3n) is 5.58. The fourth-order valence-electron chi connectivity index (χ4n) is 4.12. The Morgan fingerprint density at radius 3 is 2.79 bits per heavy atom. The van der Waals surface area contributed by atoms with Crippen LogP contribution in [0.2, 0.25) is 5.02 Å². The first-order valence-electron chi connectivity index (χ1n) is 8.85. The molecule has 2 aliphatic rings. The lowest BCUT2D eigenvalue weighted by atomic mass is 9.78. The van der Waals surface area contributed by atoms with Gasteiger partial charge in [0.15, 0.2) is 0 Å². The van der Waals surface area contributed by atoms with Crippen LogP contribution in [0.3, 0.4) is 0 Å². The predicted molar refractivity (Wildman–Crippen MR) is 102 cm³/mol. The second kappa shape index (κ2) is 8.55. The normalized spacial score (nSPS) is 25.8. The van der Waals surface area contributed by atoms with Crippen LogP contribution in [0.5, 0.6) is 0 Å². The molecule has 1 amide bonds. The van der Waals surface area contributed by atoms with Crippen LogP contribution in [0, 0.1) is 11.3 Å². The number of hydrogen-bond acceptors (Lipinski definition) is 2. The first kappa shape index (κ1) is 19.6. The van der Waals surface area contributed by atoms with E-state index < -0.39 is 0 Å². The molecule has 0 spiro atoms. The fraction of sp³-hybridized carbons (Fsp3) is 0.632. The van der Waals surface area contributed by atoms with E-state index in [1.807, 2.05) is 18.2 Å². The largest absolute Gasteiger partial charge is 0.353 e. The van der Waals surface area contributed by atoms with Crippen LogP contribution in [-0.4, -0.2) is 25.0 Å². The zero-order valence-corrected chi connectivity index (χ0v) is 15.9. The molecule has 2 N–H and O–H groups in total. The minimum Gasteiger partial charge on any atom is -0.353 e. The second-order valence-corrected chi connectivity index (χ2v) is 7.78. The summed E-state index contributed by atoms with van der Waals surface area (Å²) in [5.41, 5.74) is 0.933. The summed E-state index contributed by atoms with van der Waals surface area (Å²) in [4.78, 5) is 13.1. The molecule has 1 heterocycles. The first-order valence-corrected chi connectivity index (χ1v) is 9.23. The van der Waals surface area contributed by atoms with Gasteiger partial charge in [-0.3, -0.25) is 4.79 Å². The van der Waals surface area contributed by atoms with Crippen molar-refractivity contribution >= 4 is 29.9 Å². The predicted octanol–water partition coefficient (Wildman–Crippen LogP) is 3.98. The number of nitrogens with one attached hydrogen (secondary N) is 2. The standard InChI is InChI=1S/C19H27ClN2O.ClH/c1-14-13-21-10-7-17(14)22-18(23)19(8-2-3-9-19)12-15-5-4-6-16(20)11-15;/h4-6,11,14,17,21H,2-3,7-10,12-13H2,1H3,(H,22,23);1H. The van der Waals surface area contributed by atoms with Gasteiger partial charge in [0.2, 0.25) is 5.91 Å². The van der Waals surface area contributed by atoms with E-state index in [2.05, 4.69) is 23.6 Å². The molecule has 1 aliphatic heterocycles. The van der Waals surface area contributed by atoms with Crippen LogP contribution in [0.15, 0.2) is 24.3 Å². The van der Waals surface area contributed by atoms with E-state index in [1.54, 1.807) is 0 Å². The van der Waals surface area contributed by atoms with Crippen molar-refractivity contribution in [1.29, 1.82) is 0 Å². The number of carbonyl (C=O) groups excluding carboxylic acids is 1. The van der Waals surface area contributed by atoms with Crippen molar-refractivity contribution in [3.63, 3.8) is 0 Å². The van der Waals surface area contributed by atoms with Gasteiger partial charge in [0, 0.05) is 11.1 Å². The zero-order valence-electron chi connectivity index (χ0n) is 14.3. The molecular formula is C19H28Cl2N2O. The Hall–Kier alpha value is -0.770. The highest BCUT2D eigenvalue weighted by Gasteiger charge is 2.42. The lowest BCUT2D eigenvalue weighted by Crippen LogP contribution is -2.52. The number of benzene rings is 1. The Bertz CT molecular complexity index is 558. The number of amides is 1. The molecule has 1 aromatic carbocycles. The molecule has 0 radical (unpaired) electrons. The van der Waals surface area contributed by atoms with Gasteiger partial charge in [-0.1, -0.05) is 43.5 Å². The smallest absolute Gasteiger partial charge is 0.226 e. The molecule has 134 valence electrons. The number of halogens is 2. The summed E-state index contributed by atoms with van der Waals surface area (Å²) in [6.07, 6.45) is 6.11. The highest BCUT2D eigenvalue weighted by Crippen LogP contribution is 2.41. The van der Waals surface area contributed by atoms with Crippen LogP contribution in [0.25, 0.3) is 0 Å². The molecule has 3 rings (SSSR count). The Kier molecular flexibility index (Phi) is 6.97. The summed E-state index contributed by atoms with van der Waals surface area (Å²) in [5.74, 6) is 0.756. The van der Waals surface area contributed by atoms with Crippen molar-refractivity contribution in [3.05, 3.63) is 34.9 Å². The zero-order chi connectivity index (χ0) is 16.3. The highest BCUT2D eigenvalue weighted by atomic mass is 35.5. The lowest BCUT2D eigenvalue weighted by molar-refractivity contribution is -0.132. The Morgan fingerprint density at radius 1 is 1.38 bits per heavy atom. The molecule has 2 unspecified atom stereocenters.